The van der Waals surface area contributed by atoms with Gasteiger partial charge in [0.15, 0.2) is 0 Å². The number of H-pyrrole nitrogens is 1. The van der Waals surface area contributed by atoms with Crippen molar-refractivity contribution < 1.29 is 24.6 Å². The van der Waals surface area contributed by atoms with E-state index in [-0.39, 0.29) is 12.1 Å². The van der Waals surface area contributed by atoms with Crippen LogP contribution in [0.1, 0.15) is 27.8 Å². The number of aromatic amines is 1. The number of benzene rings is 2. The second kappa shape index (κ2) is 7.98. The van der Waals surface area contributed by atoms with Crippen molar-refractivity contribution in [1.82, 2.24) is 9.88 Å². The number of carboxylic acid groups (broad SMARTS) is 2. The zero-order valence-electron chi connectivity index (χ0n) is 16.8. The van der Waals surface area contributed by atoms with E-state index in [1.54, 1.807) is 0 Å². The van der Waals surface area contributed by atoms with Crippen LogP contribution in [0, 0.1) is 0 Å². The molecule has 1 atom stereocenters. The van der Waals surface area contributed by atoms with E-state index < -0.39 is 11.9 Å². The fraction of sp³-hybridized carbons (Fsp3) is 0.174. The Balaban J connectivity index is 0.000000250. The molecule has 0 radical (unpaired) electrons. The predicted octanol–water partition coefficient (Wildman–Crippen LogP) is 3.03. The highest BCUT2D eigenvalue weighted by Gasteiger charge is 2.41. The van der Waals surface area contributed by atoms with Crippen LogP contribution in [-0.2, 0) is 16.0 Å². The zero-order valence-corrected chi connectivity index (χ0v) is 16.8. The number of aliphatic carboxylic acids is 2. The van der Waals surface area contributed by atoms with E-state index in [0.29, 0.717) is 12.2 Å². The topological polar surface area (TPSA) is 114 Å². The van der Waals surface area contributed by atoms with Crippen molar-refractivity contribution in [1.29, 1.82) is 0 Å². The highest BCUT2D eigenvalue weighted by Crippen LogP contribution is 2.42. The lowest BCUT2D eigenvalue weighted by Gasteiger charge is -2.46. The molecule has 0 saturated heterocycles. The Labute approximate surface area is 178 Å². The number of carbonyl (C=O) groups is 3. The number of nitrogens with one attached hydrogen (secondary N) is 1. The summed E-state index contributed by atoms with van der Waals surface area (Å²) in [5, 5.41) is 16.9. The molecule has 1 amide bonds. The number of nitrogens with zero attached hydrogens (tertiary/aromatic N) is 2. The predicted molar refractivity (Wildman–Crippen MR) is 115 cm³/mol. The molecule has 2 aliphatic rings. The SMILES string of the molecule is CN1c2ccccc2C(=O)N2CCc3c([nH]c4ccccc34)C21.O=C(O)/C=C/C(=O)O. The first kappa shape index (κ1) is 20.2. The van der Waals surface area contributed by atoms with Gasteiger partial charge < -0.3 is 25.0 Å². The van der Waals surface area contributed by atoms with Crippen LogP contribution < -0.4 is 4.90 Å². The maximum absolute atomic E-state index is 12.9. The van der Waals surface area contributed by atoms with Crippen molar-refractivity contribution in [3.05, 3.63) is 77.5 Å². The lowest BCUT2D eigenvalue weighted by atomic mass is 9.96. The van der Waals surface area contributed by atoms with Crippen molar-refractivity contribution in [2.45, 2.75) is 12.6 Å². The highest BCUT2D eigenvalue weighted by molar-refractivity contribution is 6.02. The van der Waals surface area contributed by atoms with E-state index in [1.807, 2.05) is 35.2 Å². The standard InChI is InChI=1S/C19H17N3O.C4H4O4/c1-21-16-9-5-3-7-14(16)19(23)22-11-10-13-12-6-2-4-8-15(12)20-17(13)18(21)22;5-3(6)1-2-4(7)8/h2-9,18,20H,10-11H2,1H3;1-2H,(H,5,6)(H,7,8)/b;2-1+. The number of carboxylic acids is 2. The number of para-hydroxylation sites is 2. The van der Waals surface area contributed by atoms with E-state index in [4.69, 9.17) is 10.2 Å². The summed E-state index contributed by atoms with van der Waals surface area (Å²) in [6, 6.07) is 16.3. The Morgan fingerprint density at radius 3 is 2.39 bits per heavy atom. The van der Waals surface area contributed by atoms with Gasteiger partial charge in [-0.05, 0) is 30.2 Å². The van der Waals surface area contributed by atoms with Crippen molar-refractivity contribution in [3.63, 3.8) is 0 Å². The Kier molecular flexibility index (Phi) is 5.21. The Morgan fingerprint density at radius 1 is 1.03 bits per heavy atom. The zero-order chi connectivity index (χ0) is 22.1. The van der Waals surface area contributed by atoms with E-state index in [0.717, 1.165) is 35.4 Å². The second-order valence-corrected chi connectivity index (χ2v) is 7.32. The van der Waals surface area contributed by atoms with Crippen molar-refractivity contribution in [3.8, 4) is 0 Å². The van der Waals surface area contributed by atoms with Crippen LogP contribution in [0.3, 0.4) is 0 Å². The number of hydrogen-bond donors (Lipinski definition) is 3. The summed E-state index contributed by atoms with van der Waals surface area (Å²) in [4.78, 5) is 39.8. The molecule has 0 fully saturated rings. The van der Waals surface area contributed by atoms with Crippen LogP contribution in [0.15, 0.2) is 60.7 Å². The average molecular weight is 419 g/mol. The van der Waals surface area contributed by atoms with Crippen molar-refractivity contribution in [2.75, 3.05) is 18.5 Å². The van der Waals surface area contributed by atoms with Gasteiger partial charge in [0.05, 0.1) is 16.9 Å². The monoisotopic (exact) mass is 419 g/mol. The minimum Gasteiger partial charge on any atom is -0.478 e. The molecule has 0 saturated carbocycles. The van der Waals surface area contributed by atoms with Crippen LogP contribution in [0.25, 0.3) is 10.9 Å². The number of hydrogen-bond acceptors (Lipinski definition) is 4. The second-order valence-electron chi connectivity index (χ2n) is 7.32. The van der Waals surface area contributed by atoms with E-state index >= 15 is 0 Å². The molecule has 1 unspecified atom stereocenters. The number of fused-ring (bicyclic) bond motifs is 6. The van der Waals surface area contributed by atoms with Gasteiger partial charge in [-0.1, -0.05) is 30.3 Å². The quantitative estimate of drug-likeness (QED) is 0.550. The molecule has 8 nitrogen and oxygen atoms in total. The van der Waals surface area contributed by atoms with Gasteiger partial charge in [-0.25, -0.2) is 9.59 Å². The van der Waals surface area contributed by atoms with Gasteiger partial charge in [-0.15, -0.1) is 0 Å². The molecule has 3 aromatic rings. The Bertz CT molecular complexity index is 1200. The molecule has 3 N–H and O–H groups in total. The van der Waals surface area contributed by atoms with Gasteiger partial charge in [-0.2, -0.15) is 0 Å². The van der Waals surface area contributed by atoms with E-state index in [1.165, 1.54) is 10.9 Å². The highest BCUT2D eigenvalue weighted by atomic mass is 16.4. The molecule has 2 aliphatic heterocycles. The summed E-state index contributed by atoms with van der Waals surface area (Å²) in [5.41, 5.74) is 5.46. The molecule has 0 spiro atoms. The summed E-state index contributed by atoms with van der Waals surface area (Å²) in [5.74, 6) is -2.38. The lowest BCUT2D eigenvalue weighted by Crippen LogP contribution is -2.51. The number of anilines is 1. The van der Waals surface area contributed by atoms with Crippen molar-refractivity contribution in [2.24, 2.45) is 0 Å². The number of aromatic nitrogens is 1. The number of amides is 1. The van der Waals surface area contributed by atoms with Crippen LogP contribution >= 0.6 is 0 Å². The molecule has 5 rings (SSSR count). The summed E-state index contributed by atoms with van der Waals surface area (Å²) in [6.45, 7) is 0.761. The van der Waals surface area contributed by atoms with E-state index in [2.05, 4.69) is 35.1 Å². The minimum atomic E-state index is -1.26. The van der Waals surface area contributed by atoms with Gasteiger partial charge in [-0.3, -0.25) is 4.79 Å². The van der Waals surface area contributed by atoms with Gasteiger partial charge in [0.1, 0.15) is 6.17 Å². The third-order valence-corrected chi connectivity index (χ3v) is 5.51. The largest absolute Gasteiger partial charge is 0.478 e. The molecule has 0 bridgehead atoms. The first-order valence-electron chi connectivity index (χ1n) is 9.74. The third kappa shape index (κ3) is 3.63. The molecule has 158 valence electrons. The Hall–Kier alpha value is -4.07. The van der Waals surface area contributed by atoms with Crippen molar-refractivity contribution >= 4 is 34.4 Å². The fourth-order valence-electron chi connectivity index (χ4n) is 4.23. The van der Waals surface area contributed by atoms with Crippen LogP contribution in [-0.4, -0.2) is 51.5 Å². The smallest absolute Gasteiger partial charge is 0.328 e. The van der Waals surface area contributed by atoms with E-state index in [9.17, 15) is 14.4 Å². The first-order valence-corrected chi connectivity index (χ1v) is 9.74. The summed E-state index contributed by atoms with van der Waals surface area (Å²) in [7, 11) is 2.07. The van der Waals surface area contributed by atoms with Crippen LogP contribution in [0.2, 0.25) is 0 Å². The normalized spacial score (nSPS) is 16.9. The molecule has 3 heterocycles. The average Bonchev–Trinajstić information content (AvgIpc) is 3.15. The maximum atomic E-state index is 12.9. The summed E-state index contributed by atoms with van der Waals surface area (Å²) in [6.07, 6.45) is 1.97. The number of carbonyl (C=O) groups excluding carboxylic acids is 1. The fourth-order valence-corrected chi connectivity index (χ4v) is 4.23. The molecular weight excluding hydrogens is 398 g/mol. The minimum absolute atomic E-state index is 0.0476. The van der Waals surface area contributed by atoms with Gasteiger partial charge in [0.25, 0.3) is 5.91 Å². The van der Waals surface area contributed by atoms with Gasteiger partial charge >= 0.3 is 11.9 Å². The summed E-state index contributed by atoms with van der Waals surface area (Å²) < 4.78 is 0. The lowest BCUT2D eigenvalue weighted by molar-refractivity contribution is -0.134. The maximum Gasteiger partial charge on any atom is 0.328 e. The molecule has 31 heavy (non-hydrogen) atoms. The van der Waals surface area contributed by atoms with Crippen LogP contribution in [0.4, 0.5) is 5.69 Å². The molecule has 8 heteroatoms. The third-order valence-electron chi connectivity index (χ3n) is 5.51. The van der Waals surface area contributed by atoms with Gasteiger partial charge in [0, 0.05) is 36.6 Å². The molecule has 2 aromatic carbocycles. The Morgan fingerprint density at radius 2 is 1.68 bits per heavy atom. The number of rotatable bonds is 2. The molecular formula is C23H21N3O5. The first-order chi connectivity index (χ1) is 14.9. The van der Waals surface area contributed by atoms with Crippen LogP contribution in [0.5, 0.6) is 0 Å². The molecule has 1 aromatic heterocycles. The molecule has 0 aliphatic carbocycles. The van der Waals surface area contributed by atoms with Gasteiger partial charge in [0.2, 0.25) is 0 Å². The summed E-state index contributed by atoms with van der Waals surface area (Å²) >= 11 is 0.